The van der Waals surface area contributed by atoms with E-state index in [1.54, 1.807) is 0 Å². The molecule has 0 aliphatic carbocycles. The number of aromatic nitrogens is 3. The summed E-state index contributed by atoms with van der Waals surface area (Å²) < 4.78 is 0. The lowest BCUT2D eigenvalue weighted by Crippen LogP contribution is -2.28. The monoisotopic (exact) mass is 494 g/mol. The van der Waals surface area contributed by atoms with Gasteiger partial charge in [-0.15, -0.1) is 0 Å². The Labute approximate surface area is 214 Å². The number of anilines is 3. The summed E-state index contributed by atoms with van der Waals surface area (Å²) in [7, 11) is 0. The van der Waals surface area contributed by atoms with Crippen LogP contribution in [0, 0.1) is 0 Å². The number of nitrogens with one attached hydrogen (secondary N) is 2. The lowest BCUT2D eigenvalue weighted by atomic mass is 10.1. The number of hydrogen-bond acceptors (Lipinski definition) is 8. The second kappa shape index (κ2) is 22.8. The molecule has 0 unspecified atom stereocenters. The highest BCUT2D eigenvalue weighted by Gasteiger charge is 2.13. The third-order valence-electron chi connectivity index (χ3n) is 6.67. The highest BCUT2D eigenvalue weighted by molar-refractivity contribution is 5.41. The van der Waals surface area contributed by atoms with Crippen LogP contribution in [0.5, 0.6) is 0 Å². The molecule has 0 radical (unpaired) electrons. The van der Waals surface area contributed by atoms with Crippen LogP contribution in [0.4, 0.5) is 17.8 Å². The molecule has 0 aliphatic rings. The van der Waals surface area contributed by atoms with E-state index in [2.05, 4.69) is 33.7 Å². The van der Waals surface area contributed by atoms with E-state index >= 15 is 0 Å². The minimum absolute atomic E-state index is 0.0303. The summed E-state index contributed by atoms with van der Waals surface area (Å²) in [4.78, 5) is 14.7. The van der Waals surface area contributed by atoms with Gasteiger partial charge in [0.2, 0.25) is 5.95 Å². The van der Waals surface area contributed by atoms with Gasteiger partial charge in [0.1, 0.15) is 0 Å². The second-order valence-electron chi connectivity index (χ2n) is 9.86. The van der Waals surface area contributed by atoms with E-state index in [0.29, 0.717) is 5.95 Å². The van der Waals surface area contributed by atoms with Crippen LogP contribution in [-0.2, 0) is 0 Å². The number of rotatable bonds is 25. The molecule has 0 aromatic carbocycles. The maximum absolute atomic E-state index is 9.26. The molecule has 1 aromatic heterocycles. The van der Waals surface area contributed by atoms with Crippen molar-refractivity contribution in [3.8, 4) is 0 Å². The van der Waals surface area contributed by atoms with Crippen LogP contribution in [0.2, 0.25) is 0 Å². The number of unbranched alkanes of at least 4 members (excludes halogenated alkanes) is 18. The summed E-state index contributed by atoms with van der Waals surface area (Å²) in [6, 6.07) is 0. The lowest BCUT2D eigenvalue weighted by molar-refractivity contribution is 0.374. The average Bonchev–Trinajstić information content (AvgIpc) is 2.89. The first-order valence-electron chi connectivity index (χ1n) is 14.6. The van der Waals surface area contributed by atoms with Gasteiger partial charge >= 0.3 is 0 Å². The van der Waals surface area contributed by atoms with Crippen LogP contribution in [0.3, 0.4) is 0 Å². The van der Waals surface area contributed by atoms with Gasteiger partial charge in [0.05, 0.1) is 0 Å². The van der Waals surface area contributed by atoms with Crippen LogP contribution in [0.25, 0.3) is 0 Å². The molecule has 0 saturated carbocycles. The SMILES string of the molecule is CCCCCCCCCCCCN(CCCCCCCCCCCC)c1nc(NO)nc(NO)n1. The quantitative estimate of drug-likeness (QED) is 0.0797. The zero-order valence-corrected chi connectivity index (χ0v) is 22.7. The zero-order valence-electron chi connectivity index (χ0n) is 22.7. The van der Waals surface area contributed by atoms with Gasteiger partial charge in [-0.2, -0.15) is 15.0 Å². The van der Waals surface area contributed by atoms with Crippen molar-refractivity contribution in [2.24, 2.45) is 0 Å². The average molecular weight is 495 g/mol. The Balaban J connectivity index is 2.38. The molecular formula is C27H54N6O2. The summed E-state index contributed by atoms with van der Waals surface area (Å²) >= 11 is 0. The van der Waals surface area contributed by atoms with E-state index in [-0.39, 0.29) is 11.9 Å². The highest BCUT2D eigenvalue weighted by Crippen LogP contribution is 2.17. The number of nitrogens with zero attached hydrogens (tertiary/aromatic N) is 4. The molecule has 8 nitrogen and oxygen atoms in total. The van der Waals surface area contributed by atoms with Crippen molar-refractivity contribution in [2.45, 2.75) is 142 Å². The first-order valence-corrected chi connectivity index (χ1v) is 14.6. The first kappa shape index (κ1) is 31.4. The van der Waals surface area contributed by atoms with Gasteiger partial charge in [-0.3, -0.25) is 10.4 Å². The van der Waals surface area contributed by atoms with Gasteiger partial charge in [-0.05, 0) is 12.8 Å². The molecule has 0 amide bonds. The minimum atomic E-state index is 0.0303. The van der Waals surface area contributed by atoms with Crippen LogP contribution in [0.15, 0.2) is 0 Å². The van der Waals surface area contributed by atoms with Crippen LogP contribution in [-0.4, -0.2) is 38.5 Å². The van der Waals surface area contributed by atoms with Gasteiger partial charge in [0.25, 0.3) is 11.9 Å². The summed E-state index contributed by atoms with van der Waals surface area (Å²) in [5, 5.41) is 18.5. The van der Waals surface area contributed by atoms with Gasteiger partial charge in [0.15, 0.2) is 0 Å². The summed E-state index contributed by atoms with van der Waals surface area (Å²) in [5.41, 5.74) is 3.95. The highest BCUT2D eigenvalue weighted by atomic mass is 16.5. The fourth-order valence-electron chi connectivity index (χ4n) is 4.50. The van der Waals surface area contributed by atoms with Crippen molar-refractivity contribution in [1.29, 1.82) is 0 Å². The molecule has 0 aliphatic heterocycles. The van der Waals surface area contributed by atoms with Crippen LogP contribution >= 0.6 is 0 Å². The molecular weight excluding hydrogens is 440 g/mol. The van der Waals surface area contributed by atoms with Gasteiger partial charge in [-0.1, -0.05) is 129 Å². The largest absolute Gasteiger partial charge is 0.341 e. The maximum atomic E-state index is 9.26. The third-order valence-corrected chi connectivity index (χ3v) is 6.67. The Hall–Kier alpha value is -1.67. The van der Waals surface area contributed by atoms with Crippen molar-refractivity contribution < 1.29 is 10.4 Å². The van der Waals surface area contributed by atoms with Crippen molar-refractivity contribution in [2.75, 3.05) is 28.9 Å². The topological polar surface area (TPSA) is 106 Å². The van der Waals surface area contributed by atoms with E-state index in [9.17, 15) is 10.4 Å². The molecule has 35 heavy (non-hydrogen) atoms. The first-order chi connectivity index (χ1) is 17.2. The molecule has 1 aromatic rings. The zero-order chi connectivity index (χ0) is 25.4. The Morgan fingerprint density at radius 1 is 0.486 bits per heavy atom. The van der Waals surface area contributed by atoms with Gasteiger partial charge < -0.3 is 4.90 Å². The smallest absolute Gasteiger partial charge is 0.253 e. The molecule has 4 N–H and O–H groups in total. The molecule has 0 bridgehead atoms. The summed E-state index contributed by atoms with van der Waals surface area (Å²) in [6.07, 6.45) is 26.0. The fraction of sp³-hybridized carbons (Fsp3) is 0.889. The number of hydrogen-bond donors (Lipinski definition) is 4. The molecule has 1 heterocycles. The Bertz CT molecular complexity index is 559. The Kier molecular flexibility index (Phi) is 20.4. The summed E-state index contributed by atoms with van der Waals surface area (Å²) in [5.74, 6) is 0.547. The second-order valence-corrected chi connectivity index (χ2v) is 9.86. The minimum Gasteiger partial charge on any atom is -0.341 e. The van der Waals surface area contributed by atoms with E-state index in [1.807, 2.05) is 11.0 Å². The molecule has 0 saturated heterocycles. The predicted molar refractivity (Wildman–Crippen MR) is 147 cm³/mol. The Morgan fingerprint density at radius 3 is 1.11 bits per heavy atom. The van der Waals surface area contributed by atoms with Gasteiger partial charge in [0, 0.05) is 13.1 Å². The van der Waals surface area contributed by atoms with E-state index < -0.39 is 0 Å². The normalized spacial score (nSPS) is 11.1. The predicted octanol–water partition coefficient (Wildman–Crippen LogP) is 8.12. The molecule has 0 atom stereocenters. The van der Waals surface area contributed by atoms with E-state index in [1.165, 1.54) is 116 Å². The van der Waals surface area contributed by atoms with Crippen molar-refractivity contribution in [3.63, 3.8) is 0 Å². The van der Waals surface area contributed by atoms with Crippen molar-refractivity contribution >= 4 is 17.8 Å². The Morgan fingerprint density at radius 2 is 0.800 bits per heavy atom. The van der Waals surface area contributed by atoms with Crippen molar-refractivity contribution in [1.82, 2.24) is 15.0 Å². The molecule has 8 heteroatoms. The lowest BCUT2D eigenvalue weighted by Gasteiger charge is -2.23. The third kappa shape index (κ3) is 16.6. The molecule has 204 valence electrons. The van der Waals surface area contributed by atoms with Crippen molar-refractivity contribution in [3.05, 3.63) is 0 Å². The fourth-order valence-corrected chi connectivity index (χ4v) is 4.50. The standard InChI is InChI=1S/C27H54N6O2/c1-3-5-7-9-11-13-15-17-19-21-23-33(27-29-25(31-34)28-26(30-27)32-35)24-22-20-18-16-14-12-10-8-6-4-2/h34-35H,3-24H2,1-2H3,(H2,28,29,30,31,32). The van der Waals surface area contributed by atoms with Gasteiger partial charge in [-0.25, -0.2) is 11.0 Å². The van der Waals surface area contributed by atoms with E-state index in [0.717, 1.165) is 25.9 Å². The molecule has 0 spiro atoms. The van der Waals surface area contributed by atoms with Crippen LogP contribution < -0.4 is 15.9 Å². The van der Waals surface area contributed by atoms with E-state index in [4.69, 9.17) is 0 Å². The van der Waals surface area contributed by atoms with Crippen LogP contribution in [0.1, 0.15) is 142 Å². The maximum Gasteiger partial charge on any atom is 0.253 e. The molecule has 1 rings (SSSR count). The summed E-state index contributed by atoms with van der Waals surface area (Å²) in [6.45, 7) is 6.26. The molecule has 0 fully saturated rings.